The van der Waals surface area contributed by atoms with Crippen LogP contribution in [-0.2, 0) is 14.8 Å². The maximum atomic E-state index is 13.4. The molecular formula is C20H30FN3O3S. The van der Waals surface area contributed by atoms with E-state index < -0.39 is 10.0 Å². The quantitative estimate of drug-likeness (QED) is 0.807. The van der Waals surface area contributed by atoms with Gasteiger partial charge in [0.25, 0.3) is 0 Å². The number of hydrogen-bond acceptors (Lipinski definition) is 4. The van der Waals surface area contributed by atoms with E-state index in [0.29, 0.717) is 32.5 Å². The maximum absolute atomic E-state index is 13.4. The van der Waals surface area contributed by atoms with Crippen molar-refractivity contribution in [3.8, 4) is 0 Å². The minimum atomic E-state index is -3.17. The maximum Gasteiger partial charge on any atom is 0.223 e. The van der Waals surface area contributed by atoms with Crippen molar-refractivity contribution < 1.29 is 17.6 Å². The predicted octanol–water partition coefficient (Wildman–Crippen LogP) is 2.28. The SMILES string of the molecule is CCS(=O)(=O)N1CCC(C(=O)NC2CCCN(c3ccc(F)cc3C)C2)CC1. The summed E-state index contributed by atoms with van der Waals surface area (Å²) in [5.41, 5.74) is 1.91. The van der Waals surface area contributed by atoms with Crippen molar-refractivity contribution in [3.63, 3.8) is 0 Å². The topological polar surface area (TPSA) is 69.7 Å². The van der Waals surface area contributed by atoms with Crippen molar-refractivity contribution in [1.29, 1.82) is 0 Å². The third kappa shape index (κ3) is 4.84. The van der Waals surface area contributed by atoms with E-state index >= 15 is 0 Å². The van der Waals surface area contributed by atoms with Gasteiger partial charge in [0.05, 0.1) is 5.75 Å². The number of aryl methyl sites for hydroxylation is 1. The average molecular weight is 412 g/mol. The van der Waals surface area contributed by atoms with Crippen LogP contribution in [0.25, 0.3) is 0 Å². The van der Waals surface area contributed by atoms with Crippen LogP contribution in [0.1, 0.15) is 38.2 Å². The number of nitrogens with one attached hydrogen (secondary N) is 1. The molecule has 1 atom stereocenters. The van der Waals surface area contributed by atoms with E-state index in [1.54, 1.807) is 13.0 Å². The van der Waals surface area contributed by atoms with Crippen molar-refractivity contribution in [1.82, 2.24) is 9.62 Å². The highest BCUT2D eigenvalue weighted by Gasteiger charge is 2.31. The van der Waals surface area contributed by atoms with Crippen LogP contribution in [-0.4, -0.2) is 56.6 Å². The normalized spacial score (nSPS) is 22.2. The van der Waals surface area contributed by atoms with Gasteiger partial charge in [0.15, 0.2) is 0 Å². The van der Waals surface area contributed by atoms with Crippen LogP contribution in [0, 0.1) is 18.7 Å². The number of nitrogens with zero attached hydrogens (tertiary/aromatic N) is 2. The van der Waals surface area contributed by atoms with Gasteiger partial charge in [-0.3, -0.25) is 4.79 Å². The van der Waals surface area contributed by atoms with Crippen molar-refractivity contribution in [2.75, 3.05) is 36.8 Å². The second kappa shape index (κ2) is 8.78. The number of benzene rings is 1. The Labute approximate surface area is 167 Å². The molecule has 1 amide bonds. The number of sulfonamides is 1. The first-order valence-corrected chi connectivity index (χ1v) is 11.7. The second-order valence-corrected chi connectivity index (χ2v) is 10.1. The fourth-order valence-corrected chi connectivity index (χ4v) is 5.32. The van der Waals surface area contributed by atoms with E-state index in [4.69, 9.17) is 0 Å². The lowest BCUT2D eigenvalue weighted by molar-refractivity contribution is -0.126. The number of carbonyl (C=O) groups is 1. The largest absolute Gasteiger partial charge is 0.369 e. The molecule has 2 fully saturated rings. The Hall–Kier alpha value is -1.67. The highest BCUT2D eigenvalue weighted by Crippen LogP contribution is 2.25. The molecule has 0 aromatic heterocycles. The Morgan fingerprint density at radius 2 is 1.93 bits per heavy atom. The molecule has 1 aromatic carbocycles. The molecule has 0 radical (unpaired) electrons. The van der Waals surface area contributed by atoms with E-state index in [1.165, 1.54) is 16.4 Å². The van der Waals surface area contributed by atoms with Gasteiger partial charge in [-0.25, -0.2) is 17.1 Å². The molecule has 156 valence electrons. The van der Waals surface area contributed by atoms with E-state index in [9.17, 15) is 17.6 Å². The molecule has 28 heavy (non-hydrogen) atoms. The summed E-state index contributed by atoms with van der Waals surface area (Å²) in [4.78, 5) is 14.9. The zero-order valence-corrected chi connectivity index (χ0v) is 17.5. The molecule has 1 aromatic rings. The summed E-state index contributed by atoms with van der Waals surface area (Å²) in [5.74, 6) is -0.244. The molecule has 0 aliphatic carbocycles. The Morgan fingerprint density at radius 3 is 2.57 bits per heavy atom. The van der Waals surface area contributed by atoms with Gasteiger partial charge in [-0.2, -0.15) is 0 Å². The molecule has 2 heterocycles. The van der Waals surface area contributed by atoms with E-state index in [-0.39, 0.29) is 29.4 Å². The molecule has 0 saturated carbocycles. The Bertz CT molecular complexity index is 807. The van der Waals surface area contributed by atoms with Crippen LogP contribution >= 0.6 is 0 Å². The zero-order chi connectivity index (χ0) is 20.3. The number of piperidine rings is 2. The number of carbonyl (C=O) groups excluding carboxylic acids is 1. The van der Waals surface area contributed by atoms with Crippen LogP contribution in [0.2, 0.25) is 0 Å². The molecular weight excluding hydrogens is 381 g/mol. The predicted molar refractivity (Wildman–Crippen MR) is 108 cm³/mol. The highest BCUT2D eigenvalue weighted by atomic mass is 32.2. The van der Waals surface area contributed by atoms with Gasteiger partial charge in [-0.15, -0.1) is 0 Å². The third-order valence-electron chi connectivity index (χ3n) is 5.85. The number of anilines is 1. The Kier molecular flexibility index (Phi) is 6.60. The minimum Gasteiger partial charge on any atom is -0.369 e. The summed E-state index contributed by atoms with van der Waals surface area (Å²) in [6, 6.07) is 4.87. The summed E-state index contributed by atoms with van der Waals surface area (Å²) in [6.45, 7) is 5.98. The Balaban J connectivity index is 1.54. The standard InChI is InChI=1S/C20H30FN3O3S/c1-3-28(26,27)24-11-8-16(9-12-24)20(25)22-18-5-4-10-23(14-18)19-7-6-17(21)13-15(19)2/h6-7,13,16,18H,3-5,8-12,14H2,1-2H3,(H,22,25). The summed E-state index contributed by atoms with van der Waals surface area (Å²) in [6.07, 6.45) is 3.03. The number of rotatable bonds is 5. The van der Waals surface area contributed by atoms with Gasteiger partial charge >= 0.3 is 0 Å². The van der Waals surface area contributed by atoms with Crippen LogP contribution < -0.4 is 10.2 Å². The van der Waals surface area contributed by atoms with Gasteiger partial charge in [-0.05, 0) is 63.3 Å². The molecule has 8 heteroatoms. The summed E-state index contributed by atoms with van der Waals surface area (Å²) < 4.78 is 38.8. The van der Waals surface area contributed by atoms with Crippen LogP contribution in [0.15, 0.2) is 18.2 Å². The summed E-state index contributed by atoms with van der Waals surface area (Å²) in [7, 11) is -3.17. The molecule has 0 spiro atoms. The van der Waals surface area contributed by atoms with Crippen molar-refractivity contribution in [3.05, 3.63) is 29.6 Å². The van der Waals surface area contributed by atoms with Crippen LogP contribution in [0.4, 0.5) is 10.1 Å². The first-order chi connectivity index (χ1) is 13.3. The third-order valence-corrected chi connectivity index (χ3v) is 7.73. The van der Waals surface area contributed by atoms with Gasteiger partial charge < -0.3 is 10.2 Å². The van der Waals surface area contributed by atoms with Gasteiger partial charge in [0.2, 0.25) is 15.9 Å². The first-order valence-electron chi connectivity index (χ1n) is 10.1. The molecule has 6 nitrogen and oxygen atoms in total. The zero-order valence-electron chi connectivity index (χ0n) is 16.7. The monoisotopic (exact) mass is 411 g/mol. The molecule has 2 aliphatic heterocycles. The van der Waals surface area contributed by atoms with Gasteiger partial charge in [0, 0.05) is 43.8 Å². The number of halogens is 1. The van der Waals surface area contributed by atoms with Crippen molar-refractivity contribution in [2.45, 2.75) is 45.6 Å². The number of amides is 1. The van der Waals surface area contributed by atoms with Crippen LogP contribution in [0.5, 0.6) is 0 Å². The smallest absolute Gasteiger partial charge is 0.223 e. The minimum absolute atomic E-state index is 0.0243. The molecule has 1 N–H and O–H groups in total. The lowest BCUT2D eigenvalue weighted by Gasteiger charge is -2.37. The van der Waals surface area contributed by atoms with E-state index in [0.717, 1.165) is 30.6 Å². The lowest BCUT2D eigenvalue weighted by atomic mass is 9.96. The van der Waals surface area contributed by atoms with Gasteiger partial charge in [-0.1, -0.05) is 0 Å². The van der Waals surface area contributed by atoms with E-state index in [2.05, 4.69) is 10.2 Å². The fourth-order valence-electron chi connectivity index (χ4n) is 4.19. The summed E-state index contributed by atoms with van der Waals surface area (Å²) >= 11 is 0. The first kappa shape index (κ1) is 21.0. The number of hydrogen-bond donors (Lipinski definition) is 1. The lowest BCUT2D eigenvalue weighted by Crippen LogP contribution is -2.51. The molecule has 0 bridgehead atoms. The highest BCUT2D eigenvalue weighted by molar-refractivity contribution is 7.89. The van der Waals surface area contributed by atoms with Crippen molar-refractivity contribution >= 4 is 21.6 Å². The molecule has 3 rings (SSSR count). The molecule has 2 saturated heterocycles. The average Bonchev–Trinajstić information content (AvgIpc) is 2.68. The fraction of sp³-hybridized carbons (Fsp3) is 0.650. The van der Waals surface area contributed by atoms with Gasteiger partial charge in [0.1, 0.15) is 5.82 Å². The molecule has 1 unspecified atom stereocenters. The van der Waals surface area contributed by atoms with Crippen molar-refractivity contribution in [2.24, 2.45) is 5.92 Å². The van der Waals surface area contributed by atoms with Crippen LogP contribution in [0.3, 0.4) is 0 Å². The molecule has 2 aliphatic rings. The Morgan fingerprint density at radius 1 is 1.21 bits per heavy atom. The summed E-state index contributed by atoms with van der Waals surface area (Å²) in [5, 5.41) is 3.16. The van der Waals surface area contributed by atoms with E-state index in [1.807, 2.05) is 6.92 Å². The second-order valence-electron chi connectivity index (χ2n) is 7.80.